The predicted molar refractivity (Wildman–Crippen MR) is 496 cm³/mol. The van der Waals surface area contributed by atoms with Gasteiger partial charge in [0.05, 0.1) is 19.2 Å². The Morgan fingerprint density at radius 2 is 0.691 bits per heavy atom. The van der Waals surface area contributed by atoms with Crippen molar-refractivity contribution in [3.8, 4) is 0 Å². The molecule has 136 heavy (non-hydrogen) atoms. The molecule has 0 aromatic carbocycles. The summed E-state index contributed by atoms with van der Waals surface area (Å²) in [5, 5.41) is 55.8. The molecule has 0 unspecified atom stereocenters. The van der Waals surface area contributed by atoms with Gasteiger partial charge >= 0.3 is 0 Å². The molecule has 0 bridgehead atoms. The molecule has 2 fully saturated rings. The van der Waals surface area contributed by atoms with Crippen LogP contribution >= 0.6 is 0 Å². The van der Waals surface area contributed by atoms with Gasteiger partial charge in [0.2, 0.25) is 136 Å². The number of rotatable bonds is 52. The zero-order valence-corrected chi connectivity index (χ0v) is 84.2. The Morgan fingerprint density at radius 3 is 1.10 bits per heavy atom. The van der Waals surface area contributed by atoms with Crippen molar-refractivity contribution < 1.29 is 115 Å². The fraction of sp³-hybridized carbons (Fsp3) is 0.742. The molecule has 0 aliphatic carbocycles. The van der Waals surface area contributed by atoms with E-state index < -0.39 is 290 Å². The van der Waals surface area contributed by atoms with E-state index in [2.05, 4.69) is 95.7 Å². The van der Waals surface area contributed by atoms with Crippen molar-refractivity contribution in [1.82, 2.24) is 106 Å². The van der Waals surface area contributed by atoms with Gasteiger partial charge in [-0.1, -0.05) is 48.0 Å². The minimum absolute atomic E-state index is 0.0252. The molecule has 0 saturated carbocycles. The lowest BCUT2D eigenvalue weighted by Crippen LogP contribution is -2.67. The summed E-state index contributed by atoms with van der Waals surface area (Å²) in [6, 6.07) is -11.5. The first-order valence-corrected chi connectivity index (χ1v) is 45.6. The molecule has 2 aliphatic heterocycles. The number of nitrogens with one attached hydrogen (secondary N) is 18. The molecule has 2 heterocycles. The Kier molecular flexibility index (Phi) is 43.2. The lowest BCUT2D eigenvalue weighted by atomic mass is 9.94. The Bertz CT molecular complexity index is 4480. The maximum absolute atomic E-state index is 14.5. The van der Waals surface area contributed by atoms with Crippen LogP contribution in [0.4, 0.5) is 0 Å². The Hall–Kier alpha value is -12.2. The Balaban J connectivity index is 2.16. The van der Waals surface area contributed by atoms with Crippen LogP contribution < -0.4 is 113 Å². The molecule has 47 nitrogen and oxygen atoms in total. The average Bonchev–Trinajstić information content (AvgIpc) is 1.60. The second kappa shape index (κ2) is 49.0. The summed E-state index contributed by atoms with van der Waals surface area (Å²) in [7, 11) is 0. The molecule has 2 saturated heterocycles. The van der Waals surface area contributed by atoms with Crippen LogP contribution in [0.15, 0.2) is 0 Å². The van der Waals surface area contributed by atoms with Gasteiger partial charge in [0.15, 0.2) is 0 Å². The topological polar surface area (TPSA) is 714 Å². The lowest BCUT2D eigenvalue weighted by Gasteiger charge is -2.36. The van der Waals surface area contributed by atoms with E-state index in [4.69, 9.17) is 17.2 Å². The smallest absolute Gasteiger partial charge is 0.248 e. The highest BCUT2D eigenvalue weighted by atomic mass is 16.3. The number of aliphatic hydroxyl groups is 1. The van der Waals surface area contributed by atoms with E-state index in [0.29, 0.717) is 19.3 Å². The molecule has 0 aromatic heterocycles. The first-order valence-electron chi connectivity index (χ1n) is 45.6. The minimum Gasteiger partial charge on any atom is -0.394 e. The van der Waals surface area contributed by atoms with E-state index in [0.717, 1.165) is 0 Å². The number of aliphatic hydroxyl groups excluding tert-OH is 1. The van der Waals surface area contributed by atoms with Gasteiger partial charge in [-0.05, 0) is 215 Å². The summed E-state index contributed by atoms with van der Waals surface area (Å²) in [6.45, 7) is 38.3. The summed E-state index contributed by atoms with van der Waals surface area (Å²) in [5.41, 5.74) is -1.53. The van der Waals surface area contributed by atoms with Gasteiger partial charge < -0.3 is 128 Å². The largest absolute Gasteiger partial charge is 0.394 e. The third-order valence-corrected chi connectivity index (χ3v) is 23.1. The number of carbonyl (C=O) groups is 23. The third-order valence-electron chi connectivity index (χ3n) is 23.1. The summed E-state index contributed by atoms with van der Waals surface area (Å²) in [4.78, 5) is 315. The highest BCUT2D eigenvalue weighted by Gasteiger charge is 2.50. The van der Waals surface area contributed by atoms with Crippen molar-refractivity contribution >= 4 is 136 Å². The van der Waals surface area contributed by atoms with Crippen LogP contribution in [0, 0.1) is 17.8 Å². The highest BCUT2D eigenvalue weighted by Crippen LogP contribution is 2.27. The molecule has 10 atom stereocenters. The number of likely N-dealkylation sites (tertiary alicyclic amines) is 2. The van der Waals surface area contributed by atoms with Gasteiger partial charge in [-0.3, -0.25) is 110 Å². The zero-order valence-electron chi connectivity index (χ0n) is 84.2. The Labute approximate surface area is 795 Å². The van der Waals surface area contributed by atoms with Gasteiger partial charge in [-0.2, -0.15) is 0 Å². The fourth-order valence-electron chi connectivity index (χ4n) is 14.3. The van der Waals surface area contributed by atoms with Crippen LogP contribution in [0.1, 0.15) is 271 Å². The molecule has 0 spiro atoms. The normalized spacial score (nSPS) is 16.3. The number of nitrogens with zero attached hydrogens (tertiary/aromatic N) is 2. The summed E-state index contributed by atoms with van der Waals surface area (Å²) >= 11 is 0. The van der Waals surface area contributed by atoms with Crippen LogP contribution in [-0.2, 0) is 110 Å². The van der Waals surface area contributed by atoms with E-state index in [-0.39, 0.29) is 57.5 Å². The van der Waals surface area contributed by atoms with Crippen LogP contribution in [-0.4, -0.2) is 287 Å². The van der Waals surface area contributed by atoms with Gasteiger partial charge in [-0.15, -0.1) is 0 Å². The molecule has 2 aliphatic rings. The highest BCUT2D eigenvalue weighted by molar-refractivity contribution is 6.05. The number of amides is 23. The molecular formula is C89H153N23O24. The maximum atomic E-state index is 14.5. The van der Waals surface area contributed by atoms with Crippen LogP contribution in [0.3, 0.4) is 0 Å². The van der Waals surface area contributed by atoms with E-state index in [9.17, 15) is 115 Å². The number of nitrogens with two attached hydrogens (primary N) is 3. The first-order chi connectivity index (χ1) is 61.9. The molecule has 0 radical (unpaired) electrons. The second-order valence-corrected chi connectivity index (χ2v) is 41.2. The Morgan fingerprint density at radius 1 is 0.353 bits per heavy atom. The summed E-state index contributed by atoms with van der Waals surface area (Å²) < 4.78 is 0. The molecule has 23 amide bonds. The molecule has 0 aromatic rings. The van der Waals surface area contributed by atoms with Gasteiger partial charge in [0.25, 0.3) is 0 Å². The van der Waals surface area contributed by atoms with Gasteiger partial charge in [-0.25, -0.2) is 0 Å². The van der Waals surface area contributed by atoms with Crippen LogP contribution in [0.2, 0.25) is 0 Å². The predicted octanol–water partition coefficient (Wildman–Crippen LogP) is -5.00. The quantitative estimate of drug-likeness (QED) is 0.0271. The molecule has 25 N–H and O–H groups in total. The van der Waals surface area contributed by atoms with E-state index in [1.807, 2.05) is 13.8 Å². The molecule has 768 valence electrons. The maximum Gasteiger partial charge on any atom is 0.248 e. The molecule has 47 heteroatoms. The van der Waals surface area contributed by atoms with Crippen molar-refractivity contribution in [2.75, 3.05) is 26.2 Å². The standard InChI is InChI=1S/C89H153N23O24/c1-29-47(6)61(100-74(131)82(13,14)104-65(122)53(36-39-58(92)117)98-73(130)84(17,18)108-76(133)86(21,22)103-62(119)48(7)94-71(128)81(11,12)105-67(124)55-33-31-41-112(55)78(135)88(25,26)101-49(8)114)69(126)107-80(9,10)70(127)93-43-59(118)102-85(19,20)75(132)110-89(27,28)79(136)111-40-30-32-54(111)66(123)99-60(46(4)5)68(125)106-87(23,24)77(134)109-83(15,16)72(129)97-52(35-38-57(91)116)64(121)96-51(34-37-56(90)115)63(120)95-50(44-113)42-45(2)3/h45-48,50-55,60-61,113H,29-44H2,1-28H3,(H2,90,115)(H2,91,116)(H2,92,117)(H,93,127)(H,94,128)(H,95,120)(H,96,121)(H,97,129)(H,98,130)(H,99,123)(H,100,131)(H,101,114)(H,102,118)(H,103,119)(H,104,122)(H,105,124)(H,106,125)(H,107,126)(H,108,133)(H,109,134)(H,110,132)/t47-,48+,50+,51+,52+,53+,54+,55+,60+,61+/m1/s1. The minimum atomic E-state index is -1.92. The lowest BCUT2D eigenvalue weighted by molar-refractivity contribution is -0.146. The zero-order chi connectivity index (χ0) is 105. The van der Waals surface area contributed by atoms with Crippen LogP contribution in [0.25, 0.3) is 0 Å². The van der Waals surface area contributed by atoms with Crippen molar-refractivity contribution in [3.05, 3.63) is 0 Å². The fourth-order valence-corrected chi connectivity index (χ4v) is 14.3. The number of primary amides is 3. The second-order valence-electron chi connectivity index (χ2n) is 41.2. The van der Waals surface area contributed by atoms with Crippen molar-refractivity contribution in [2.24, 2.45) is 35.0 Å². The monoisotopic (exact) mass is 1930 g/mol. The summed E-state index contributed by atoms with van der Waals surface area (Å²) in [5.74, 6) is -20.7. The van der Waals surface area contributed by atoms with Crippen molar-refractivity contribution in [3.63, 3.8) is 0 Å². The molecular weight excluding hydrogens is 1780 g/mol. The van der Waals surface area contributed by atoms with E-state index in [1.54, 1.807) is 27.7 Å². The number of hydrogen-bond acceptors (Lipinski definition) is 24. The molecule has 2 rings (SSSR count). The third kappa shape index (κ3) is 36.1. The van der Waals surface area contributed by atoms with E-state index >= 15 is 0 Å². The first kappa shape index (κ1) is 120. The number of hydrogen-bond donors (Lipinski definition) is 22. The van der Waals surface area contributed by atoms with Crippen LogP contribution in [0.5, 0.6) is 0 Å². The van der Waals surface area contributed by atoms with Gasteiger partial charge in [0.1, 0.15) is 104 Å². The SMILES string of the molecule is CC[C@@H](C)[C@H](NC(=O)C(C)(C)NC(=O)[C@H](CCC(N)=O)NC(=O)C(C)(C)NC(=O)C(C)(C)NC(=O)[C@H](C)NC(=O)C(C)(C)NC(=O)[C@@H]1CCCN1C(=O)C(C)(C)NC(C)=O)C(=O)NC(C)(C)C(=O)NCC(=O)NC(C)(C)C(=O)NC(C)(C)C(=O)N1CCC[C@H]1C(=O)N[C@H](C(=O)NC(C)(C)C(=O)NC(C)(C)C(=O)N[C@@H](CCC(N)=O)C(=O)N[C@@H](CCC(N)=O)C(=O)N[C@H](CO)CC(C)C)C(C)C. The van der Waals surface area contributed by atoms with E-state index in [1.165, 1.54) is 162 Å². The summed E-state index contributed by atoms with van der Waals surface area (Å²) in [6.07, 6.45) is -0.570. The van der Waals surface area contributed by atoms with Gasteiger partial charge in [0, 0.05) is 39.3 Å². The average molecular weight is 1930 g/mol. The number of carbonyl (C=O) groups excluding carboxylic acids is 23. The van der Waals surface area contributed by atoms with Crippen molar-refractivity contribution in [2.45, 2.75) is 381 Å². The van der Waals surface area contributed by atoms with Crippen molar-refractivity contribution in [1.29, 1.82) is 0 Å².